The van der Waals surface area contributed by atoms with Crippen molar-refractivity contribution in [2.45, 2.75) is 77.3 Å². The minimum atomic E-state index is -1.41. The number of alkyl carbamates (subject to hydrolysis) is 1. The van der Waals surface area contributed by atoms with Crippen molar-refractivity contribution in [2.75, 3.05) is 13.2 Å². The molecule has 3 amide bonds. The molecule has 2 aromatic rings. The van der Waals surface area contributed by atoms with Gasteiger partial charge in [-0.25, -0.2) is 9.59 Å². The maximum atomic E-state index is 14.0. The van der Waals surface area contributed by atoms with E-state index in [0.29, 0.717) is 5.56 Å². The van der Waals surface area contributed by atoms with Gasteiger partial charge in [-0.1, -0.05) is 66.7 Å². The monoisotopic (exact) mass is 581 g/mol. The molecule has 0 aliphatic rings. The van der Waals surface area contributed by atoms with Crippen LogP contribution in [0.1, 0.15) is 58.7 Å². The van der Waals surface area contributed by atoms with Crippen LogP contribution in [0.15, 0.2) is 73.3 Å². The number of nitrogens with zero attached hydrogens (tertiary/aromatic N) is 1. The Kier molecular flexibility index (Phi) is 12.3. The second kappa shape index (κ2) is 15.2. The van der Waals surface area contributed by atoms with E-state index in [2.05, 4.69) is 17.2 Å². The molecule has 0 bridgehead atoms. The van der Waals surface area contributed by atoms with Gasteiger partial charge in [0, 0.05) is 13.0 Å². The summed E-state index contributed by atoms with van der Waals surface area (Å²) >= 11 is 0. The molecule has 0 fully saturated rings. The lowest BCUT2D eigenvalue weighted by Gasteiger charge is -2.34. The standard InChI is InChI=1S/C32H43N3O7/c1-8-19-35(28(38)25(21-36)34-30(40)42-32(5,6)7)26(23-17-13-10-14-18-23)27(37)33-24(29(39)41-31(2,3)4)20-22-15-11-9-12-16-22/h8-18,24-26,36H,1,19-21H2,2-7H3,(H,33,37)(H,34,40). The van der Waals surface area contributed by atoms with Crippen molar-refractivity contribution < 1.29 is 33.8 Å². The maximum absolute atomic E-state index is 14.0. The van der Waals surface area contributed by atoms with Crippen molar-refractivity contribution >= 4 is 23.9 Å². The lowest BCUT2D eigenvalue weighted by molar-refractivity contribution is -0.159. The summed E-state index contributed by atoms with van der Waals surface area (Å²) in [6, 6.07) is 14.0. The lowest BCUT2D eigenvalue weighted by atomic mass is 10.0. The average Bonchev–Trinajstić information content (AvgIpc) is 2.90. The van der Waals surface area contributed by atoms with Gasteiger partial charge in [0.2, 0.25) is 11.8 Å². The molecule has 0 aromatic heterocycles. The minimum absolute atomic E-state index is 0.103. The quantitative estimate of drug-likeness (QED) is 0.257. The lowest BCUT2D eigenvalue weighted by Crippen LogP contribution is -2.56. The third-order valence-corrected chi connectivity index (χ3v) is 5.75. The average molecular weight is 582 g/mol. The SMILES string of the molecule is C=CCN(C(=O)C(CO)NC(=O)OC(C)(C)C)C(C(=O)NC(Cc1ccccc1)C(=O)OC(C)(C)C)c1ccccc1. The zero-order valence-electron chi connectivity index (χ0n) is 25.3. The fourth-order valence-electron chi connectivity index (χ4n) is 4.07. The molecule has 0 saturated heterocycles. The Bertz CT molecular complexity index is 1200. The highest BCUT2D eigenvalue weighted by molar-refractivity contribution is 5.94. The van der Waals surface area contributed by atoms with Crippen LogP contribution in [0.3, 0.4) is 0 Å². The Balaban J connectivity index is 2.47. The number of aliphatic hydroxyl groups excluding tert-OH is 1. The van der Waals surface area contributed by atoms with Crippen molar-refractivity contribution in [3.05, 3.63) is 84.4 Å². The fraction of sp³-hybridized carbons (Fsp3) is 0.438. The first kappa shape index (κ1) is 34.0. The van der Waals surface area contributed by atoms with Crippen molar-refractivity contribution in [3.8, 4) is 0 Å². The predicted octanol–water partition coefficient (Wildman–Crippen LogP) is 3.70. The van der Waals surface area contributed by atoms with E-state index in [0.717, 1.165) is 5.56 Å². The van der Waals surface area contributed by atoms with Crippen LogP contribution in [0.25, 0.3) is 0 Å². The number of esters is 1. The highest BCUT2D eigenvalue weighted by Crippen LogP contribution is 2.23. The number of ether oxygens (including phenoxy) is 2. The van der Waals surface area contributed by atoms with Crippen LogP contribution in [0, 0.1) is 0 Å². The number of hydrogen-bond acceptors (Lipinski definition) is 7. The number of carbonyl (C=O) groups is 4. The smallest absolute Gasteiger partial charge is 0.408 e. The molecule has 228 valence electrons. The summed E-state index contributed by atoms with van der Waals surface area (Å²) in [7, 11) is 0. The molecule has 10 heteroatoms. The van der Waals surface area contributed by atoms with E-state index in [4.69, 9.17) is 9.47 Å². The van der Waals surface area contributed by atoms with Crippen LogP contribution in [-0.2, 0) is 30.3 Å². The van der Waals surface area contributed by atoms with Crippen LogP contribution in [0.2, 0.25) is 0 Å². The zero-order chi connectivity index (χ0) is 31.5. The summed E-state index contributed by atoms with van der Waals surface area (Å²) in [5, 5.41) is 15.2. The van der Waals surface area contributed by atoms with Gasteiger partial charge in [-0.05, 0) is 52.7 Å². The van der Waals surface area contributed by atoms with Crippen LogP contribution in [0.5, 0.6) is 0 Å². The minimum Gasteiger partial charge on any atom is -0.458 e. The van der Waals surface area contributed by atoms with E-state index in [1.165, 1.54) is 11.0 Å². The van der Waals surface area contributed by atoms with Gasteiger partial charge < -0.3 is 30.1 Å². The highest BCUT2D eigenvalue weighted by Gasteiger charge is 2.37. The Labute approximate surface area is 248 Å². The first-order chi connectivity index (χ1) is 19.6. The number of carbonyl (C=O) groups excluding carboxylic acids is 4. The first-order valence-corrected chi connectivity index (χ1v) is 13.8. The predicted molar refractivity (Wildman–Crippen MR) is 159 cm³/mol. The van der Waals surface area contributed by atoms with E-state index >= 15 is 0 Å². The van der Waals surface area contributed by atoms with Gasteiger partial charge in [0.05, 0.1) is 6.61 Å². The zero-order valence-corrected chi connectivity index (χ0v) is 25.3. The third kappa shape index (κ3) is 11.0. The molecule has 2 rings (SSSR count). The summed E-state index contributed by atoms with van der Waals surface area (Å²) in [5.41, 5.74) is -0.398. The van der Waals surface area contributed by atoms with E-state index in [9.17, 15) is 24.3 Å². The molecule has 0 radical (unpaired) electrons. The normalized spacial score (nSPS) is 13.6. The van der Waals surface area contributed by atoms with Crippen LogP contribution in [-0.4, -0.2) is 70.3 Å². The summed E-state index contributed by atoms with van der Waals surface area (Å²) in [6.45, 7) is 13.1. The Hall–Kier alpha value is -4.18. The molecule has 0 aliphatic heterocycles. The van der Waals surface area contributed by atoms with Gasteiger partial charge in [-0.15, -0.1) is 6.58 Å². The van der Waals surface area contributed by atoms with E-state index in [-0.39, 0.29) is 13.0 Å². The van der Waals surface area contributed by atoms with Gasteiger partial charge in [-0.3, -0.25) is 9.59 Å². The molecule has 42 heavy (non-hydrogen) atoms. The number of aliphatic hydroxyl groups is 1. The number of amides is 3. The molecule has 0 aliphatic carbocycles. The van der Waals surface area contributed by atoms with Crippen molar-refractivity contribution in [2.24, 2.45) is 0 Å². The fourth-order valence-corrected chi connectivity index (χ4v) is 4.07. The number of nitrogens with one attached hydrogen (secondary N) is 2. The summed E-state index contributed by atoms with van der Waals surface area (Å²) in [4.78, 5) is 54.7. The molecule has 0 saturated carbocycles. The van der Waals surface area contributed by atoms with Crippen molar-refractivity contribution in [1.29, 1.82) is 0 Å². The molecular formula is C32H43N3O7. The van der Waals surface area contributed by atoms with Gasteiger partial charge in [0.1, 0.15) is 29.3 Å². The molecule has 0 heterocycles. The molecule has 2 aromatic carbocycles. The number of hydrogen-bond donors (Lipinski definition) is 3. The van der Waals surface area contributed by atoms with Gasteiger partial charge >= 0.3 is 12.1 Å². The van der Waals surface area contributed by atoms with Crippen molar-refractivity contribution in [3.63, 3.8) is 0 Å². The molecule has 10 nitrogen and oxygen atoms in total. The number of benzene rings is 2. The molecule has 0 spiro atoms. The van der Waals surface area contributed by atoms with Gasteiger partial charge in [-0.2, -0.15) is 0 Å². The number of rotatable bonds is 12. The first-order valence-electron chi connectivity index (χ1n) is 13.8. The van der Waals surface area contributed by atoms with Crippen LogP contribution < -0.4 is 10.6 Å². The van der Waals surface area contributed by atoms with E-state index in [1.54, 1.807) is 71.9 Å². The largest absolute Gasteiger partial charge is 0.458 e. The van der Waals surface area contributed by atoms with Gasteiger partial charge in [0.15, 0.2) is 0 Å². The summed E-state index contributed by atoms with van der Waals surface area (Å²) < 4.78 is 10.9. The van der Waals surface area contributed by atoms with Crippen LogP contribution in [0.4, 0.5) is 4.79 Å². The Morgan fingerprint density at radius 2 is 1.40 bits per heavy atom. The Morgan fingerprint density at radius 3 is 1.90 bits per heavy atom. The van der Waals surface area contributed by atoms with Gasteiger partial charge in [0.25, 0.3) is 0 Å². The topological polar surface area (TPSA) is 134 Å². The van der Waals surface area contributed by atoms with E-state index in [1.807, 2.05) is 30.3 Å². The second-order valence-electron chi connectivity index (χ2n) is 11.8. The second-order valence-corrected chi connectivity index (χ2v) is 11.8. The van der Waals surface area contributed by atoms with Crippen LogP contribution >= 0.6 is 0 Å². The van der Waals surface area contributed by atoms with E-state index < -0.39 is 59.8 Å². The maximum Gasteiger partial charge on any atom is 0.408 e. The summed E-state index contributed by atoms with van der Waals surface area (Å²) in [5.74, 6) is -2.03. The molecule has 3 N–H and O–H groups in total. The molecule has 3 unspecified atom stereocenters. The summed E-state index contributed by atoms with van der Waals surface area (Å²) in [6.07, 6.45) is 0.679. The molecule has 3 atom stereocenters. The highest BCUT2D eigenvalue weighted by atomic mass is 16.6. The molecular weight excluding hydrogens is 538 g/mol. The van der Waals surface area contributed by atoms with Crippen molar-refractivity contribution in [1.82, 2.24) is 15.5 Å². The third-order valence-electron chi connectivity index (χ3n) is 5.75. The Morgan fingerprint density at radius 1 is 0.857 bits per heavy atom.